The van der Waals surface area contributed by atoms with Gasteiger partial charge in [0.1, 0.15) is 0 Å². The van der Waals surface area contributed by atoms with Gasteiger partial charge in [-0.15, -0.1) is 0 Å². The molecular weight excluding hydrogens is 244 g/mol. The SMILES string of the molecule is CNC(CN1CCCC(C)(C)C1)c1cc(C)cc(C)c1. The number of benzene rings is 1. The fraction of sp³-hybridized carbons (Fsp3) is 0.667. The Kier molecular flexibility index (Phi) is 4.87. The second-order valence-corrected chi connectivity index (χ2v) is 7.27. The zero-order valence-corrected chi connectivity index (χ0v) is 13.8. The van der Waals surface area contributed by atoms with Crippen LogP contribution in [0.1, 0.15) is 49.4 Å². The lowest BCUT2D eigenvalue weighted by atomic mass is 9.84. The summed E-state index contributed by atoms with van der Waals surface area (Å²) in [6.45, 7) is 12.7. The Morgan fingerprint density at radius 2 is 1.85 bits per heavy atom. The maximum absolute atomic E-state index is 3.51. The normalized spacial score (nSPS) is 20.9. The summed E-state index contributed by atoms with van der Waals surface area (Å²) in [5.41, 5.74) is 4.62. The van der Waals surface area contributed by atoms with E-state index in [2.05, 4.69) is 63.2 Å². The molecule has 1 N–H and O–H groups in total. The number of nitrogens with zero attached hydrogens (tertiary/aromatic N) is 1. The van der Waals surface area contributed by atoms with Crippen molar-refractivity contribution in [3.05, 3.63) is 34.9 Å². The molecule has 2 heteroatoms. The Morgan fingerprint density at radius 1 is 1.20 bits per heavy atom. The molecule has 1 aliphatic rings. The van der Waals surface area contributed by atoms with Crippen molar-refractivity contribution in [3.8, 4) is 0 Å². The molecule has 2 nitrogen and oxygen atoms in total. The predicted octanol–water partition coefficient (Wildman–Crippen LogP) is 3.69. The van der Waals surface area contributed by atoms with Crippen LogP contribution in [0.2, 0.25) is 0 Å². The summed E-state index contributed by atoms with van der Waals surface area (Å²) in [5.74, 6) is 0. The van der Waals surface area contributed by atoms with Gasteiger partial charge in [0.2, 0.25) is 0 Å². The van der Waals surface area contributed by atoms with E-state index in [1.165, 1.54) is 42.6 Å². The molecule has 1 heterocycles. The number of nitrogens with one attached hydrogen (secondary N) is 1. The van der Waals surface area contributed by atoms with Gasteiger partial charge in [0, 0.05) is 19.1 Å². The van der Waals surface area contributed by atoms with Crippen molar-refractivity contribution in [2.45, 2.75) is 46.6 Å². The van der Waals surface area contributed by atoms with E-state index >= 15 is 0 Å². The van der Waals surface area contributed by atoms with Crippen LogP contribution in [0.4, 0.5) is 0 Å². The molecule has 1 aromatic rings. The number of hydrogen-bond donors (Lipinski definition) is 1. The summed E-state index contributed by atoms with van der Waals surface area (Å²) in [7, 11) is 2.08. The second kappa shape index (κ2) is 6.28. The highest BCUT2D eigenvalue weighted by atomic mass is 15.2. The van der Waals surface area contributed by atoms with Gasteiger partial charge in [-0.05, 0) is 51.3 Å². The van der Waals surface area contributed by atoms with E-state index < -0.39 is 0 Å². The lowest BCUT2D eigenvalue weighted by Gasteiger charge is -2.39. The summed E-state index contributed by atoms with van der Waals surface area (Å²) in [6, 6.07) is 7.33. The van der Waals surface area contributed by atoms with Crippen LogP contribution in [0.25, 0.3) is 0 Å². The van der Waals surface area contributed by atoms with Crippen LogP contribution in [0.5, 0.6) is 0 Å². The lowest BCUT2D eigenvalue weighted by Crippen LogP contribution is -2.43. The summed E-state index contributed by atoms with van der Waals surface area (Å²) in [5, 5.41) is 3.51. The van der Waals surface area contributed by atoms with E-state index in [-0.39, 0.29) is 0 Å². The molecule has 0 saturated carbocycles. The standard InChI is InChI=1S/C18H30N2/c1-14-9-15(2)11-16(10-14)17(19-5)12-20-8-6-7-18(3,4)13-20/h9-11,17,19H,6-8,12-13H2,1-5H3. The maximum Gasteiger partial charge on any atom is 0.0447 e. The molecule has 1 atom stereocenters. The quantitative estimate of drug-likeness (QED) is 0.901. The van der Waals surface area contributed by atoms with Crippen LogP contribution < -0.4 is 5.32 Å². The van der Waals surface area contributed by atoms with Crippen molar-refractivity contribution in [2.24, 2.45) is 5.41 Å². The molecule has 0 bridgehead atoms. The summed E-state index contributed by atoms with van der Waals surface area (Å²) in [4.78, 5) is 2.63. The molecule has 0 aromatic heterocycles. The summed E-state index contributed by atoms with van der Waals surface area (Å²) >= 11 is 0. The molecule has 1 aliphatic heterocycles. The molecule has 0 radical (unpaired) electrons. The summed E-state index contributed by atoms with van der Waals surface area (Å²) in [6.07, 6.45) is 2.69. The predicted molar refractivity (Wildman–Crippen MR) is 87.2 cm³/mol. The van der Waals surface area contributed by atoms with Crippen molar-refractivity contribution in [1.29, 1.82) is 0 Å². The third kappa shape index (κ3) is 4.07. The van der Waals surface area contributed by atoms with Crippen molar-refractivity contribution in [3.63, 3.8) is 0 Å². The molecule has 1 aromatic carbocycles. The monoisotopic (exact) mass is 274 g/mol. The zero-order chi connectivity index (χ0) is 14.8. The Labute approximate surface area is 124 Å². The zero-order valence-electron chi connectivity index (χ0n) is 13.8. The van der Waals surface area contributed by atoms with Gasteiger partial charge in [-0.1, -0.05) is 43.2 Å². The van der Waals surface area contributed by atoms with E-state index in [1.807, 2.05) is 0 Å². The number of piperidine rings is 1. The number of aryl methyl sites for hydroxylation is 2. The Bertz CT molecular complexity index is 430. The molecule has 1 saturated heterocycles. The fourth-order valence-electron chi connectivity index (χ4n) is 3.53. The van der Waals surface area contributed by atoms with E-state index in [9.17, 15) is 0 Å². The number of hydrogen-bond acceptors (Lipinski definition) is 2. The second-order valence-electron chi connectivity index (χ2n) is 7.27. The largest absolute Gasteiger partial charge is 0.312 e. The highest BCUT2D eigenvalue weighted by molar-refractivity contribution is 5.30. The first kappa shape index (κ1) is 15.5. The lowest BCUT2D eigenvalue weighted by molar-refractivity contribution is 0.108. The van der Waals surface area contributed by atoms with Crippen molar-refractivity contribution in [2.75, 3.05) is 26.7 Å². The van der Waals surface area contributed by atoms with Crippen LogP contribution in [0, 0.1) is 19.3 Å². The minimum absolute atomic E-state index is 0.433. The minimum atomic E-state index is 0.433. The van der Waals surface area contributed by atoms with E-state index in [0.29, 0.717) is 11.5 Å². The first-order valence-electron chi connectivity index (χ1n) is 7.87. The molecule has 20 heavy (non-hydrogen) atoms. The van der Waals surface area contributed by atoms with Crippen molar-refractivity contribution in [1.82, 2.24) is 10.2 Å². The first-order chi connectivity index (χ1) is 9.39. The van der Waals surface area contributed by atoms with Crippen molar-refractivity contribution >= 4 is 0 Å². The van der Waals surface area contributed by atoms with Crippen LogP contribution in [0.3, 0.4) is 0 Å². The van der Waals surface area contributed by atoms with Crippen LogP contribution in [0.15, 0.2) is 18.2 Å². The fourth-order valence-corrected chi connectivity index (χ4v) is 3.53. The highest BCUT2D eigenvalue weighted by Gasteiger charge is 2.27. The van der Waals surface area contributed by atoms with Gasteiger partial charge in [0.15, 0.2) is 0 Å². The van der Waals surface area contributed by atoms with Gasteiger partial charge in [0.05, 0.1) is 0 Å². The van der Waals surface area contributed by atoms with E-state index in [1.54, 1.807) is 0 Å². The van der Waals surface area contributed by atoms with E-state index in [0.717, 1.165) is 6.54 Å². The maximum atomic E-state index is 3.51. The first-order valence-corrected chi connectivity index (χ1v) is 7.87. The van der Waals surface area contributed by atoms with Gasteiger partial charge in [-0.25, -0.2) is 0 Å². The number of rotatable bonds is 4. The summed E-state index contributed by atoms with van der Waals surface area (Å²) < 4.78 is 0. The molecular formula is C18H30N2. The van der Waals surface area contributed by atoms with Gasteiger partial charge in [0.25, 0.3) is 0 Å². The van der Waals surface area contributed by atoms with Crippen LogP contribution in [-0.4, -0.2) is 31.6 Å². The number of likely N-dealkylation sites (tertiary alicyclic amines) is 1. The smallest absolute Gasteiger partial charge is 0.0447 e. The van der Waals surface area contributed by atoms with Crippen LogP contribution >= 0.6 is 0 Å². The topological polar surface area (TPSA) is 15.3 Å². The molecule has 1 unspecified atom stereocenters. The van der Waals surface area contributed by atoms with Crippen LogP contribution in [-0.2, 0) is 0 Å². The molecule has 112 valence electrons. The molecule has 0 spiro atoms. The van der Waals surface area contributed by atoms with Gasteiger partial charge in [-0.3, -0.25) is 0 Å². The minimum Gasteiger partial charge on any atom is -0.312 e. The molecule has 0 amide bonds. The Morgan fingerprint density at radius 3 is 2.40 bits per heavy atom. The van der Waals surface area contributed by atoms with Gasteiger partial charge < -0.3 is 10.2 Å². The van der Waals surface area contributed by atoms with Gasteiger partial charge >= 0.3 is 0 Å². The third-order valence-electron chi connectivity index (χ3n) is 4.42. The Hall–Kier alpha value is -0.860. The molecule has 0 aliphatic carbocycles. The van der Waals surface area contributed by atoms with Gasteiger partial charge in [-0.2, -0.15) is 0 Å². The highest BCUT2D eigenvalue weighted by Crippen LogP contribution is 2.29. The third-order valence-corrected chi connectivity index (χ3v) is 4.42. The molecule has 2 rings (SSSR count). The number of likely N-dealkylation sites (N-methyl/N-ethyl adjacent to an activating group) is 1. The van der Waals surface area contributed by atoms with Crippen molar-refractivity contribution < 1.29 is 0 Å². The Balaban J connectivity index is 2.08. The molecule has 1 fully saturated rings. The average molecular weight is 274 g/mol. The average Bonchev–Trinajstić information content (AvgIpc) is 2.33. The van der Waals surface area contributed by atoms with E-state index in [4.69, 9.17) is 0 Å².